The number of allylic oxidation sites excluding steroid dienone is 14. The molecule has 0 aliphatic carbocycles. The first-order valence-electron chi connectivity index (χ1n) is 35.1. The zero-order valence-electron chi connectivity index (χ0n) is 53.8. The Labute approximate surface area is 503 Å². The minimum atomic E-state index is -0.781. The molecule has 0 aromatic rings. The third-order valence-corrected chi connectivity index (χ3v) is 15.4. The Hall–Kier alpha value is -3.41. The molecular formula is C75H132O6. The van der Waals surface area contributed by atoms with Gasteiger partial charge in [0.05, 0.1) is 0 Å². The van der Waals surface area contributed by atoms with Gasteiger partial charge in [-0.05, 0) is 96.3 Å². The van der Waals surface area contributed by atoms with Gasteiger partial charge in [-0.1, -0.05) is 324 Å². The lowest BCUT2D eigenvalue weighted by atomic mass is 10.0. The Morgan fingerprint density at radius 1 is 0.259 bits per heavy atom. The molecule has 0 amide bonds. The Balaban J connectivity index is 4.13. The van der Waals surface area contributed by atoms with Gasteiger partial charge in [0.15, 0.2) is 6.10 Å². The van der Waals surface area contributed by atoms with Gasteiger partial charge in [-0.25, -0.2) is 0 Å². The van der Waals surface area contributed by atoms with E-state index in [2.05, 4.69) is 106 Å². The molecule has 0 aliphatic rings. The zero-order valence-corrected chi connectivity index (χ0v) is 53.8. The standard InChI is InChI=1S/C75H132O6/c1-4-7-10-13-16-19-21-23-25-27-29-31-33-34-35-36-37-38-39-40-42-43-45-47-49-51-53-56-59-62-65-68-74(77)80-71-72(70-79-73(76)67-64-61-58-55-18-15-12-9-6-3)81-75(78)69-66-63-60-57-54-52-50-48-46-44-41-32-30-28-26-24-22-20-17-14-11-8-5-2/h8,11,17,20-21,23-24,26-27,29-30,32,44,46,72H,4-7,9-10,12-16,18-19,22,25,28,31,33-43,45,47-71H2,1-3H3/b11-8-,20-17-,23-21-,26-24-,29-27-,32-30-,46-44-. The van der Waals surface area contributed by atoms with E-state index in [9.17, 15) is 14.4 Å². The van der Waals surface area contributed by atoms with Gasteiger partial charge in [0.1, 0.15) is 13.2 Å². The van der Waals surface area contributed by atoms with Gasteiger partial charge in [0.25, 0.3) is 0 Å². The van der Waals surface area contributed by atoms with Gasteiger partial charge in [-0.3, -0.25) is 14.4 Å². The summed E-state index contributed by atoms with van der Waals surface area (Å²) in [4.78, 5) is 38.3. The van der Waals surface area contributed by atoms with Crippen molar-refractivity contribution in [2.45, 2.75) is 361 Å². The average molecular weight is 1130 g/mol. The molecule has 0 heterocycles. The van der Waals surface area contributed by atoms with Crippen molar-refractivity contribution in [3.8, 4) is 0 Å². The van der Waals surface area contributed by atoms with Crippen LogP contribution in [0.1, 0.15) is 355 Å². The van der Waals surface area contributed by atoms with E-state index in [-0.39, 0.29) is 31.1 Å². The van der Waals surface area contributed by atoms with Crippen molar-refractivity contribution < 1.29 is 28.6 Å². The van der Waals surface area contributed by atoms with E-state index >= 15 is 0 Å². The predicted molar refractivity (Wildman–Crippen MR) is 353 cm³/mol. The normalized spacial score (nSPS) is 12.6. The SMILES string of the molecule is CC/C=C\C/C=C\C/C=C\C/C=C\C/C=C\CCCCCCCCCC(=O)OC(COC(=O)CCCCCCCCCCC)COC(=O)CCCCCCCCCCCCCCCCCCCCC/C=C\C/C=C\CCCCCCC. The number of hydrogen-bond acceptors (Lipinski definition) is 6. The maximum Gasteiger partial charge on any atom is 0.306 e. The van der Waals surface area contributed by atoms with Crippen LogP contribution < -0.4 is 0 Å². The molecule has 0 radical (unpaired) electrons. The molecule has 0 saturated carbocycles. The summed E-state index contributed by atoms with van der Waals surface area (Å²) < 4.78 is 16.9. The Morgan fingerprint density at radius 2 is 0.481 bits per heavy atom. The largest absolute Gasteiger partial charge is 0.462 e. The van der Waals surface area contributed by atoms with E-state index in [1.807, 2.05) is 0 Å². The molecule has 468 valence electrons. The highest BCUT2D eigenvalue weighted by atomic mass is 16.6. The van der Waals surface area contributed by atoms with Crippen molar-refractivity contribution in [3.63, 3.8) is 0 Å². The summed E-state index contributed by atoms with van der Waals surface area (Å²) in [6.07, 6.45) is 92.0. The fourth-order valence-electron chi connectivity index (χ4n) is 10.2. The zero-order chi connectivity index (χ0) is 58.5. The van der Waals surface area contributed by atoms with Crippen LogP contribution in [0.3, 0.4) is 0 Å². The maximum absolute atomic E-state index is 12.9. The maximum atomic E-state index is 12.9. The monoisotopic (exact) mass is 1130 g/mol. The molecule has 6 nitrogen and oxygen atoms in total. The van der Waals surface area contributed by atoms with Crippen LogP contribution in [-0.4, -0.2) is 37.2 Å². The van der Waals surface area contributed by atoms with Crippen LogP contribution in [0.25, 0.3) is 0 Å². The van der Waals surface area contributed by atoms with E-state index in [4.69, 9.17) is 14.2 Å². The van der Waals surface area contributed by atoms with Crippen molar-refractivity contribution in [3.05, 3.63) is 85.1 Å². The van der Waals surface area contributed by atoms with Crippen LogP contribution in [0.15, 0.2) is 85.1 Å². The fourth-order valence-corrected chi connectivity index (χ4v) is 10.2. The second kappa shape index (κ2) is 69.1. The number of carbonyl (C=O) groups is 3. The van der Waals surface area contributed by atoms with Crippen molar-refractivity contribution in [1.82, 2.24) is 0 Å². The van der Waals surface area contributed by atoms with Crippen LogP contribution >= 0.6 is 0 Å². The van der Waals surface area contributed by atoms with Crippen LogP contribution in [0, 0.1) is 0 Å². The average Bonchev–Trinajstić information content (AvgIpc) is 3.47. The first-order valence-corrected chi connectivity index (χ1v) is 35.1. The van der Waals surface area contributed by atoms with Crippen LogP contribution in [0.2, 0.25) is 0 Å². The van der Waals surface area contributed by atoms with E-state index in [0.29, 0.717) is 19.3 Å². The van der Waals surface area contributed by atoms with E-state index in [1.54, 1.807) is 0 Å². The number of rotatable bonds is 64. The predicted octanol–water partition coefficient (Wildman–Crippen LogP) is 24.2. The summed E-state index contributed by atoms with van der Waals surface area (Å²) in [6, 6.07) is 0. The highest BCUT2D eigenvalue weighted by Gasteiger charge is 2.19. The lowest BCUT2D eigenvalue weighted by molar-refractivity contribution is -0.167. The number of ether oxygens (including phenoxy) is 3. The first-order chi connectivity index (χ1) is 40.0. The number of esters is 3. The quantitative estimate of drug-likeness (QED) is 0.0261. The van der Waals surface area contributed by atoms with Crippen LogP contribution in [0.5, 0.6) is 0 Å². The lowest BCUT2D eigenvalue weighted by Crippen LogP contribution is -2.30. The Morgan fingerprint density at radius 3 is 0.753 bits per heavy atom. The van der Waals surface area contributed by atoms with Gasteiger partial charge in [0.2, 0.25) is 0 Å². The minimum Gasteiger partial charge on any atom is -0.462 e. The molecule has 0 spiro atoms. The van der Waals surface area contributed by atoms with Gasteiger partial charge in [-0.2, -0.15) is 0 Å². The summed E-state index contributed by atoms with van der Waals surface area (Å²) in [5, 5.41) is 0. The minimum absolute atomic E-state index is 0.0771. The van der Waals surface area contributed by atoms with Gasteiger partial charge < -0.3 is 14.2 Å². The molecule has 1 atom stereocenters. The highest BCUT2D eigenvalue weighted by molar-refractivity contribution is 5.71. The summed E-state index contributed by atoms with van der Waals surface area (Å²) in [7, 11) is 0. The molecule has 0 bridgehead atoms. The van der Waals surface area contributed by atoms with Gasteiger partial charge in [0, 0.05) is 19.3 Å². The third-order valence-electron chi connectivity index (χ3n) is 15.4. The molecule has 81 heavy (non-hydrogen) atoms. The fraction of sp³-hybridized carbons (Fsp3) is 0.773. The van der Waals surface area contributed by atoms with E-state index in [1.165, 1.54) is 212 Å². The topological polar surface area (TPSA) is 78.9 Å². The molecule has 0 rings (SSSR count). The van der Waals surface area contributed by atoms with Crippen molar-refractivity contribution in [2.24, 2.45) is 0 Å². The number of unbranched alkanes of at least 4 members (excludes halogenated alkanes) is 39. The van der Waals surface area contributed by atoms with Crippen molar-refractivity contribution in [2.75, 3.05) is 13.2 Å². The lowest BCUT2D eigenvalue weighted by Gasteiger charge is -2.18. The van der Waals surface area contributed by atoms with Gasteiger partial charge in [-0.15, -0.1) is 0 Å². The molecule has 0 N–H and O–H groups in total. The molecule has 0 aliphatic heterocycles. The molecular weight excluding hydrogens is 997 g/mol. The highest BCUT2D eigenvalue weighted by Crippen LogP contribution is 2.18. The van der Waals surface area contributed by atoms with E-state index in [0.717, 1.165) is 103 Å². The summed E-state index contributed by atoms with van der Waals surface area (Å²) in [5.74, 6) is -0.874. The van der Waals surface area contributed by atoms with Crippen LogP contribution in [0.4, 0.5) is 0 Å². The molecule has 6 heteroatoms. The smallest absolute Gasteiger partial charge is 0.306 e. The number of hydrogen-bond donors (Lipinski definition) is 0. The van der Waals surface area contributed by atoms with Gasteiger partial charge >= 0.3 is 17.9 Å². The molecule has 0 saturated heterocycles. The molecule has 0 fully saturated rings. The Kier molecular flexibility index (Phi) is 66.2. The molecule has 1 unspecified atom stereocenters. The molecule has 0 aromatic carbocycles. The summed E-state index contributed by atoms with van der Waals surface area (Å²) >= 11 is 0. The van der Waals surface area contributed by atoms with Crippen molar-refractivity contribution in [1.29, 1.82) is 0 Å². The first kappa shape index (κ1) is 77.6. The van der Waals surface area contributed by atoms with E-state index < -0.39 is 6.10 Å². The molecule has 0 aromatic heterocycles. The number of carbonyl (C=O) groups excluding carboxylic acids is 3. The Bertz CT molecular complexity index is 1530. The van der Waals surface area contributed by atoms with Crippen molar-refractivity contribution >= 4 is 17.9 Å². The summed E-state index contributed by atoms with van der Waals surface area (Å²) in [5.41, 5.74) is 0. The third kappa shape index (κ3) is 67.3. The van der Waals surface area contributed by atoms with Crippen LogP contribution in [-0.2, 0) is 28.6 Å². The second-order valence-corrected chi connectivity index (χ2v) is 23.4. The summed E-state index contributed by atoms with van der Waals surface area (Å²) in [6.45, 7) is 6.53. The second-order valence-electron chi connectivity index (χ2n) is 23.4.